The van der Waals surface area contributed by atoms with Crippen molar-refractivity contribution in [2.45, 2.75) is 51.4 Å². The number of rotatable bonds is 14. The Morgan fingerprint density at radius 1 is 0.796 bits per heavy atom. The van der Waals surface area contributed by atoms with Gasteiger partial charge in [0.05, 0.1) is 0 Å². The van der Waals surface area contributed by atoms with Crippen LogP contribution in [0.4, 0.5) is 9.93 Å². The fourth-order valence-corrected chi connectivity index (χ4v) is 6.02. The molecule has 6 N–H and O–H groups in total. The second kappa shape index (κ2) is 16.7. The monoisotopic (exact) mass is 699 g/mol. The zero-order valence-electron chi connectivity index (χ0n) is 26.9. The Kier molecular flexibility index (Phi) is 11.9. The van der Waals surface area contributed by atoms with Crippen molar-refractivity contribution in [1.29, 1.82) is 0 Å². The van der Waals surface area contributed by atoms with E-state index < -0.39 is 41.9 Å². The van der Waals surface area contributed by atoms with Gasteiger partial charge in [-0.05, 0) is 40.9 Å². The van der Waals surface area contributed by atoms with Gasteiger partial charge in [0.1, 0.15) is 24.7 Å². The number of para-hydroxylation sites is 1. The molecule has 14 heteroatoms. The number of hydrogen-bond donors (Lipinski definition) is 6. The van der Waals surface area contributed by atoms with Gasteiger partial charge in [-0.15, -0.1) is 5.10 Å². The highest BCUT2D eigenvalue weighted by Gasteiger charge is 2.32. The Bertz CT molecular complexity index is 1940. The van der Waals surface area contributed by atoms with E-state index in [4.69, 9.17) is 17.0 Å². The predicted molar refractivity (Wildman–Crippen MR) is 190 cm³/mol. The Morgan fingerprint density at radius 2 is 1.43 bits per heavy atom. The van der Waals surface area contributed by atoms with Crippen LogP contribution < -0.4 is 21.3 Å². The molecule has 0 saturated heterocycles. The van der Waals surface area contributed by atoms with Crippen molar-refractivity contribution >= 4 is 63.4 Å². The van der Waals surface area contributed by atoms with Crippen LogP contribution in [0.15, 0.2) is 91.1 Å². The molecule has 3 aromatic carbocycles. The molecule has 0 fully saturated rings. The van der Waals surface area contributed by atoms with Crippen LogP contribution in [0.25, 0.3) is 10.9 Å². The molecule has 0 unspecified atom stereocenters. The second-order valence-corrected chi connectivity index (χ2v) is 13.4. The van der Waals surface area contributed by atoms with Crippen LogP contribution in [0.2, 0.25) is 0 Å². The molecule has 254 valence electrons. The number of nitrogens with zero attached hydrogens (tertiary/aromatic N) is 1. The number of H-pyrrole nitrogens is 2. The van der Waals surface area contributed by atoms with Gasteiger partial charge in [-0.1, -0.05) is 104 Å². The van der Waals surface area contributed by atoms with Crippen LogP contribution in [0, 0.1) is 9.87 Å². The Balaban J connectivity index is 1.37. The highest BCUT2D eigenvalue weighted by molar-refractivity contribution is 7.73. The molecule has 0 spiro atoms. The molecule has 5 aromatic rings. The van der Waals surface area contributed by atoms with E-state index in [1.807, 2.05) is 84.9 Å². The third-order valence-electron chi connectivity index (χ3n) is 7.75. The summed E-state index contributed by atoms with van der Waals surface area (Å²) in [4.78, 5) is 57.4. The van der Waals surface area contributed by atoms with Gasteiger partial charge in [0.2, 0.25) is 22.9 Å². The number of ether oxygens (including phenoxy) is 1. The normalized spacial score (nSPS) is 12.9. The molecule has 0 radical (unpaired) electrons. The molecular weight excluding hydrogens is 663 g/mol. The van der Waals surface area contributed by atoms with Gasteiger partial charge in [0.25, 0.3) is 0 Å². The smallest absolute Gasteiger partial charge is 0.408 e. The summed E-state index contributed by atoms with van der Waals surface area (Å²) in [5.74, 6) is -1.97. The van der Waals surface area contributed by atoms with Crippen molar-refractivity contribution in [3.05, 3.63) is 112 Å². The standard InChI is InChI=1S/C35H37N7O5S2/c1-21(2)29(32(45)40-33-41-42-35(48)49-33)39-31(44)28(18-24-19-36-26-16-10-9-15-25(24)26)37-30(43)27(17-22-11-5-3-6-12-22)38-34(46)47-20-23-13-7-4-8-14-23/h3-16,19,21,27-29,36H,17-18,20H2,1-2H3,(H,37,43)(H,38,46)(H,39,44)(H,42,48)(H,40,41,45)/t27-,28-,29-/m0/s1. The number of benzene rings is 3. The summed E-state index contributed by atoms with van der Waals surface area (Å²) in [5, 5.41) is 18.8. The predicted octanol–water partition coefficient (Wildman–Crippen LogP) is 5.03. The number of alkyl carbamates (subject to hydrolysis) is 1. The lowest BCUT2D eigenvalue weighted by atomic mass is 10.00. The van der Waals surface area contributed by atoms with Crippen molar-refractivity contribution in [2.24, 2.45) is 5.92 Å². The molecule has 0 bridgehead atoms. The van der Waals surface area contributed by atoms with Gasteiger partial charge in [0, 0.05) is 29.9 Å². The minimum Gasteiger partial charge on any atom is -0.445 e. The highest BCUT2D eigenvalue weighted by atomic mass is 32.1. The Labute approximate surface area is 292 Å². The lowest BCUT2D eigenvalue weighted by Gasteiger charge is -2.26. The van der Waals surface area contributed by atoms with Crippen molar-refractivity contribution in [3.63, 3.8) is 0 Å². The Morgan fingerprint density at radius 3 is 2.10 bits per heavy atom. The molecule has 2 aromatic heterocycles. The molecule has 0 aliphatic rings. The van der Waals surface area contributed by atoms with E-state index >= 15 is 0 Å². The van der Waals surface area contributed by atoms with Crippen molar-refractivity contribution in [3.8, 4) is 0 Å². The van der Waals surface area contributed by atoms with Crippen LogP contribution >= 0.6 is 23.6 Å². The number of carbonyl (C=O) groups excluding carboxylic acids is 4. The lowest BCUT2D eigenvalue weighted by molar-refractivity contribution is -0.132. The van der Waals surface area contributed by atoms with Crippen LogP contribution in [-0.4, -0.2) is 57.1 Å². The number of hydrogen-bond acceptors (Lipinski definition) is 8. The number of anilines is 1. The van der Waals surface area contributed by atoms with E-state index in [-0.39, 0.29) is 30.5 Å². The van der Waals surface area contributed by atoms with Crippen molar-refractivity contribution in [2.75, 3.05) is 5.32 Å². The largest absolute Gasteiger partial charge is 0.445 e. The molecule has 3 atom stereocenters. The number of nitrogens with one attached hydrogen (secondary N) is 6. The van der Waals surface area contributed by atoms with E-state index in [1.165, 1.54) is 0 Å². The van der Waals surface area contributed by atoms with E-state index in [1.54, 1.807) is 20.0 Å². The van der Waals surface area contributed by atoms with Gasteiger partial charge in [-0.2, -0.15) is 0 Å². The first kappa shape index (κ1) is 35.0. The second-order valence-electron chi connectivity index (χ2n) is 11.7. The first-order valence-electron chi connectivity index (χ1n) is 15.7. The van der Waals surface area contributed by atoms with Gasteiger partial charge < -0.3 is 25.7 Å². The minimum absolute atomic E-state index is 0.0172. The molecule has 2 heterocycles. The molecule has 49 heavy (non-hydrogen) atoms. The third kappa shape index (κ3) is 9.84. The molecule has 5 rings (SSSR count). The maximum Gasteiger partial charge on any atom is 0.408 e. The first-order valence-corrected chi connectivity index (χ1v) is 16.9. The van der Waals surface area contributed by atoms with Crippen LogP contribution in [0.3, 0.4) is 0 Å². The topological polar surface area (TPSA) is 170 Å². The zero-order chi connectivity index (χ0) is 34.8. The van der Waals surface area contributed by atoms with Crippen LogP contribution in [0.5, 0.6) is 0 Å². The summed E-state index contributed by atoms with van der Waals surface area (Å²) in [6.07, 6.45) is 1.25. The number of carbonyl (C=O) groups is 4. The highest BCUT2D eigenvalue weighted by Crippen LogP contribution is 2.20. The van der Waals surface area contributed by atoms with E-state index in [2.05, 4.69) is 36.4 Å². The summed E-state index contributed by atoms with van der Waals surface area (Å²) >= 11 is 6.15. The molecule has 0 saturated carbocycles. The Hall–Kier alpha value is -5.34. The molecule has 0 aliphatic carbocycles. The maximum absolute atomic E-state index is 14.0. The average Bonchev–Trinajstić information content (AvgIpc) is 3.71. The summed E-state index contributed by atoms with van der Waals surface area (Å²) in [7, 11) is 0. The molecule has 12 nitrogen and oxygen atoms in total. The molecule has 4 amide bonds. The maximum atomic E-state index is 14.0. The number of fused-ring (bicyclic) bond motifs is 1. The van der Waals surface area contributed by atoms with Crippen molar-refractivity contribution < 1.29 is 23.9 Å². The molecular formula is C35H37N7O5S2. The number of amides is 4. The fraction of sp³-hybridized carbons (Fsp3) is 0.257. The number of aromatic nitrogens is 3. The average molecular weight is 700 g/mol. The first-order chi connectivity index (χ1) is 23.7. The van der Waals surface area contributed by atoms with Gasteiger partial charge >= 0.3 is 6.09 Å². The lowest BCUT2D eigenvalue weighted by Crippen LogP contribution is -2.58. The minimum atomic E-state index is -1.12. The third-order valence-corrected chi connectivity index (χ3v) is 8.76. The van der Waals surface area contributed by atoms with Crippen molar-refractivity contribution in [1.82, 2.24) is 31.1 Å². The van der Waals surface area contributed by atoms with Gasteiger partial charge in [-0.25, -0.2) is 4.79 Å². The zero-order valence-corrected chi connectivity index (χ0v) is 28.5. The SMILES string of the molecule is CC(C)[C@H](NC(=O)[C@H](Cc1c[nH]c2ccccc12)NC(=O)[C@H](Cc1ccccc1)NC(=O)OCc1ccccc1)C(=O)Nc1n[nH]c(=S)s1. The van der Waals surface area contributed by atoms with E-state index in [9.17, 15) is 19.2 Å². The summed E-state index contributed by atoms with van der Waals surface area (Å²) < 4.78 is 5.81. The van der Waals surface area contributed by atoms with Crippen LogP contribution in [-0.2, 0) is 38.6 Å². The quantitative estimate of drug-likeness (QED) is 0.0884. The number of aromatic amines is 2. The fourth-order valence-electron chi connectivity index (χ4n) is 5.22. The molecule has 0 aliphatic heterocycles. The summed E-state index contributed by atoms with van der Waals surface area (Å²) in [5.41, 5.74) is 3.24. The van der Waals surface area contributed by atoms with Gasteiger partial charge in [0.15, 0.2) is 3.95 Å². The summed E-state index contributed by atoms with van der Waals surface area (Å²) in [6.45, 7) is 3.61. The van der Waals surface area contributed by atoms with E-state index in [0.717, 1.165) is 38.9 Å². The van der Waals surface area contributed by atoms with Crippen LogP contribution in [0.1, 0.15) is 30.5 Å². The van der Waals surface area contributed by atoms with E-state index in [0.29, 0.717) is 3.95 Å². The van der Waals surface area contributed by atoms with Gasteiger partial charge in [-0.3, -0.25) is 24.8 Å². The summed E-state index contributed by atoms with van der Waals surface area (Å²) in [6, 6.07) is 22.8.